The van der Waals surface area contributed by atoms with Crippen LogP contribution in [0, 0.1) is 0 Å². The van der Waals surface area contributed by atoms with Crippen molar-refractivity contribution in [1.29, 1.82) is 0 Å². The van der Waals surface area contributed by atoms with Gasteiger partial charge in [0.25, 0.3) is 5.92 Å². The average molecular weight is 317 g/mol. The van der Waals surface area contributed by atoms with Crippen LogP contribution in [0.4, 0.5) is 14.6 Å². The zero-order valence-electron chi connectivity index (χ0n) is 9.50. The van der Waals surface area contributed by atoms with Crippen LogP contribution in [0.25, 0.3) is 11.0 Å². The number of alkyl halides is 2. The Morgan fingerprint density at radius 2 is 2.06 bits per heavy atom. The molecule has 0 aliphatic carbocycles. The zero-order chi connectivity index (χ0) is 12.8. The lowest BCUT2D eigenvalue weighted by Gasteiger charge is -2.32. The lowest BCUT2D eigenvalue weighted by atomic mass is 10.1. The zero-order valence-corrected chi connectivity index (χ0v) is 11.1. The number of hydrogen-bond donors (Lipinski definition) is 0. The summed E-state index contributed by atoms with van der Waals surface area (Å²) < 4.78 is 32.3. The monoisotopic (exact) mass is 316 g/mol. The second-order valence-corrected chi connectivity index (χ2v) is 5.26. The highest BCUT2D eigenvalue weighted by Crippen LogP contribution is 2.34. The van der Waals surface area contributed by atoms with Gasteiger partial charge in [-0.2, -0.15) is 0 Å². The van der Waals surface area contributed by atoms with Crippen molar-refractivity contribution in [2.75, 3.05) is 18.0 Å². The summed E-state index contributed by atoms with van der Waals surface area (Å²) in [5.74, 6) is -1.83. The molecule has 6 heteroatoms. The predicted octanol–water partition coefficient (Wildman–Crippen LogP) is 3.83. The lowest BCUT2D eigenvalue weighted by Crippen LogP contribution is -2.39. The van der Waals surface area contributed by atoms with Crippen LogP contribution in [0.3, 0.4) is 0 Å². The fourth-order valence-electron chi connectivity index (χ4n) is 2.21. The molecule has 1 aliphatic heterocycles. The number of nitrogens with zero attached hydrogens (tertiary/aromatic N) is 2. The third-order valence-electron chi connectivity index (χ3n) is 3.19. The average Bonchev–Trinajstić information content (AvgIpc) is 2.76. The number of piperidine rings is 1. The number of pyridine rings is 1. The number of rotatable bonds is 1. The Morgan fingerprint density at radius 1 is 1.33 bits per heavy atom. The molecule has 2 aromatic heterocycles. The third-order valence-corrected chi connectivity index (χ3v) is 3.60. The molecule has 0 atom stereocenters. The molecule has 1 saturated heterocycles. The van der Waals surface area contributed by atoms with E-state index < -0.39 is 5.92 Å². The van der Waals surface area contributed by atoms with E-state index in [-0.39, 0.29) is 12.8 Å². The van der Waals surface area contributed by atoms with Gasteiger partial charge in [-0.3, -0.25) is 0 Å². The molecule has 0 amide bonds. The van der Waals surface area contributed by atoms with Crippen molar-refractivity contribution >= 4 is 32.7 Å². The van der Waals surface area contributed by atoms with Crippen LogP contribution in [0.15, 0.2) is 27.4 Å². The molecular weight excluding hydrogens is 306 g/mol. The number of aromatic nitrogens is 1. The summed E-state index contributed by atoms with van der Waals surface area (Å²) >= 11 is 3.31. The maximum Gasteiger partial charge on any atom is 0.251 e. The van der Waals surface area contributed by atoms with E-state index in [2.05, 4.69) is 20.9 Å². The number of fused-ring (bicyclic) bond motifs is 1. The first-order valence-corrected chi connectivity index (χ1v) is 6.51. The smallest absolute Gasteiger partial charge is 0.251 e. The minimum Gasteiger partial charge on any atom is -0.464 e. The van der Waals surface area contributed by atoms with Gasteiger partial charge in [0.15, 0.2) is 0 Å². The molecule has 1 fully saturated rings. The van der Waals surface area contributed by atoms with Gasteiger partial charge in [0.1, 0.15) is 16.0 Å². The van der Waals surface area contributed by atoms with Crippen molar-refractivity contribution < 1.29 is 13.2 Å². The fourth-order valence-corrected chi connectivity index (χ4v) is 2.58. The molecule has 2 aromatic rings. The lowest BCUT2D eigenvalue weighted by molar-refractivity contribution is -0.0221. The molecule has 3 rings (SSSR count). The Bertz CT molecular complexity index is 574. The maximum atomic E-state index is 13.2. The fraction of sp³-hybridized carbons (Fsp3) is 0.417. The molecule has 0 saturated carbocycles. The third kappa shape index (κ3) is 2.09. The van der Waals surface area contributed by atoms with Gasteiger partial charge < -0.3 is 9.32 Å². The SMILES string of the molecule is FC1(F)CCN(c2nc(Br)cc3occc23)CC1. The summed E-state index contributed by atoms with van der Waals surface area (Å²) in [6.07, 6.45) is 1.34. The molecule has 0 unspecified atom stereocenters. The van der Waals surface area contributed by atoms with Crippen molar-refractivity contribution in [1.82, 2.24) is 4.98 Å². The van der Waals surface area contributed by atoms with E-state index in [9.17, 15) is 8.78 Å². The van der Waals surface area contributed by atoms with Crippen molar-refractivity contribution in [2.24, 2.45) is 0 Å². The van der Waals surface area contributed by atoms with Gasteiger partial charge >= 0.3 is 0 Å². The van der Waals surface area contributed by atoms with Gasteiger partial charge in [-0.25, -0.2) is 13.8 Å². The van der Waals surface area contributed by atoms with E-state index in [1.165, 1.54) is 0 Å². The van der Waals surface area contributed by atoms with Crippen LogP contribution in [0.2, 0.25) is 0 Å². The van der Waals surface area contributed by atoms with Gasteiger partial charge in [-0.1, -0.05) is 0 Å². The Balaban J connectivity index is 1.97. The maximum absolute atomic E-state index is 13.2. The molecule has 3 heterocycles. The molecule has 18 heavy (non-hydrogen) atoms. The molecule has 0 aromatic carbocycles. The summed E-state index contributed by atoms with van der Waals surface area (Å²) in [4.78, 5) is 6.27. The van der Waals surface area contributed by atoms with Gasteiger partial charge in [0, 0.05) is 32.0 Å². The number of halogens is 3. The van der Waals surface area contributed by atoms with Crippen LogP contribution >= 0.6 is 15.9 Å². The first-order chi connectivity index (χ1) is 8.55. The van der Waals surface area contributed by atoms with Gasteiger partial charge in [-0.15, -0.1) is 0 Å². The molecule has 0 spiro atoms. The van der Waals surface area contributed by atoms with Crippen molar-refractivity contribution in [3.63, 3.8) is 0 Å². The van der Waals surface area contributed by atoms with E-state index in [0.29, 0.717) is 29.1 Å². The van der Waals surface area contributed by atoms with Crippen LogP contribution < -0.4 is 4.90 Å². The summed E-state index contributed by atoms with van der Waals surface area (Å²) in [5, 5.41) is 0.864. The summed E-state index contributed by atoms with van der Waals surface area (Å²) in [6.45, 7) is 0.632. The minimum absolute atomic E-state index is 0.124. The van der Waals surface area contributed by atoms with Crippen molar-refractivity contribution in [3.8, 4) is 0 Å². The Labute approximate surface area is 111 Å². The number of anilines is 1. The quantitative estimate of drug-likeness (QED) is 0.749. The first-order valence-electron chi connectivity index (χ1n) is 5.72. The van der Waals surface area contributed by atoms with E-state index in [0.717, 1.165) is 5.39 Å². The van der Waals surface area contributed by atoms with Gasteiger partial charge in [0.2, 0.25) is 0 Å². The van der Waals surface area contributed by atoms with Gasteiger partial charge in [-0.05, 0) is 22.0 Å². The van der Waals surface area contributed by atoms with Crippen LogP contribution in [-0.2, 0) is 0 Å². The van der Waals surface area contributed by atoms with Crippen LogP contribution in [-0.4, -0.2) is 24.0 Å². The molecule has 1 aliphatic rings. The molecule has 0 radical (unpaired) electrons. The van der Waals surface area contributed by atoms with Gasteiger partial charge in [0.05, 0.1) is 11.6 Å². The molecule has 0 bridgehead atoms. The standard InChI is InChI=1S/C12H11BrF2N2O/c13-10-7-9-8(1-6-18-9)11(16-10)17-4-2-12(14,15)3-5-17/h1,6-7H,2-5H2. The molecule has 96 valence electrons. The molecule has 3 nitrogen and oxygen atoms in total. The van der Waals surface area contributed by atoms with E-state index in [1.807, 2.05) is 11.0 Å². The van der Waals surface area contributed by atoms with Crippen LogP contribution in [0.5, 0.6) is 0 Å². The largest absolute Gasteiger partial charge is 0.464 e. The van der Waals surface area contributed by atoms with Crippen molar-refractivity contribution in [3.05, 3.63) is 23.0 Å². The number of hydrogen-bond acceptors (Lipinski definition) is 3. The Kier molecular flexibility index (Phi) is 2.77. The Hall–Kier alpha value is -1.17. The van der Waals surface area contributed by atoms with Crippen LogP contribution in [0.1, 0.15) is 12.8 Å². The van der Waals surface area contributed by atoms with E-state index in [1.54, 1.807) is 12.3 Å². The van der Waals surface area contributed by atoms with E-state index >= 15 is 0 Å². The minimum atomic E-state index is -2.54. The second kappa shape index (κ2) is 4.19. The predicted molar refractivity (Wildman–Crippen MR) is 68.1 cm³/mol. The topological polar surface area (TPSA) is 29.3 Å². The summed E-state index contributed by atoms with van der Waals surface area (Å²) in [5.41, 5.74) is 0.712. The van der Waals surface area contributed by atoms with Crippen molar-refractivity contribution in [2.45, 2.75) is 18.8 Å². The Morgan fingerprint density at radius 3 is 2.78 bits per heavy atom. The normalized spacial score (nSPS) is 19.4. The summed E-state index contributed by atoms with van der Waals surface area (Å²) in [7, 11) is 0. The highest BCUT2D eigenvalue weighted by Gasteiger charge is 2.34. The number of furan rings is 1. The molecular formula is C12H11BrF2N2O. The second-order valence-electron chi connectivity index (χ2n) is 4.44. The first kappa shape index (κ1) is 11.9. The highest BCUT2D eigenvalue weighted by atomic mass is 79.9. The van der Waals surface area contributed by atoms with E-state index in [4.69, 9.17) is 4.42 Å². The summed E-state index contributed by atoms with van der Waals surface area (Å²) in [6, 6.07) is 3.59. The highest BCUT2D eigenvalue weighted by molar-refractivity contribution is 9.10. The molecule has 0 N–H and O–H groups in total.